The van der Waals surface area contributed by atoms with Gasteiger partial charge in [0.25, 0.3) is 0 Å². The lowest BCUT2D eigenvalue weighted by Gasteiger charge is -2.32. The fourth-order valence-electron chi connectivity index (χ4n) is 3.57. The fourth-order valence-corrected chi connectivity index (χ4v) is 4.59. The van der Waals surface area contributed by atoms with Gasteiger partial charge in [-0.1, -0.05) is 48.5 Å². The number of thiophene rings is 1. The van der Waals surface area contributed by atoms with E-state index in [-0.39, 0.29) is 0 Å². The molecule has 21 heavy (non-hydrogen) atoms. The van der Waals surface area contributed by atoms with Gasteiger partial charge in [-0.05, 0) is 46.8 Å². The van der Waals surface area contributed by atoms with Crippen LogP contribution < -0.4 is 5.32 Å². The van der Waals surface area contributed by atoms with Crippen LogP contribution in [0.2, 0.25) is 0 Å². The first-order valence-electron chi connectivity index (χ1n) is 7.65. The SMILES string of the molecule is c1ccc(C2CNCCC2c2csc3ccccc23)cc1. The van der Waals surface area contributed by atoms with Gasteiger partial charge in [0.15, 0.2) is 0 Å². The monoisotopic (exact) mass is 293 g/mol. The smallest absolute Gasteiger partial charge is 0.0345 e. The molecule has 2 atom stereocenters. The first-order valence-corrected chi connectivity index (χ1v) is 8.53. The normalized spacial score (nSPS) is 22.5. The molecule has 1 saturated heterocycles. The summed E-state index contributed by atoms with van der Waals surface area (Å²) in [5.74, 6) is 1.21. The predicted molar refractivity (Wildman–Crippen MR) is 91.2 cm³/mol. The molecule has 1 N–H and O–H groups in total. The molecule has 0 radical (unpaired) electrons. The lowest BCUT2D eigenvalue weighted by atomic mass is 9.77. The van der Waals surface area contributed by atoms with E-state index in [0.29, 0.717) is 11.8 Å². The molecule has 1 nitrogen and oxygen atoms in total. The molecule has 2 unspecified atom stereocenters. The highest BCUT2D eigenvalue weighted by Crippen LogP contribution is 2.42. The van der Waals surface area contributed by atoms with Crippen molar-refractivity contribution in [1.82, 2.24) is 5.32 Å². The fraction of sp³-hybridized carbons (Fsp3) is 0.263. The topological polar surface area (TPSA) is 12.0 Å². The van der Waals surface area contributed by atoms with Crippen LogP contribution in [0.5, 0.6) is 0 Å². The van der Waals surface area contributed by atoms with Gasteiger partial charge in [-0.25, -0.2) is 0 Å². The van der Waals surface area contributed by atoms with Crippen LogP contribution in [0.3, 0.4) is 0 Å². The summed E-state index contributed by atoms with van der Waals surface area (Å²) in [6, 6.07) is 19.8. The molecule has 4 rings (SSSR count). The van der Waals surface area contributed by atoms with E-state index in [1.807, 2.05) is 11.3 Å². The number of hydrogen-bond donors (Lipinski definition) is 1. The number of hydrogen-bond acceptors (Lipinski definition) is 2. The van der Waals surface area contributed by atoms with E-state index in [1.165, 1.54) is 22.1 Å². The summed E-state index contributed by atoms with van der Waals surface area (Å²) in [6.07, 6.45) is 1.22. The van der Waals surface area contributed by atoms with Gasteiger partial charge in [0.2, 0.25) is 0 Å². The Morgan fingerprint density at radius 2 is 1.71 bits per heavy atom. The first kappa shape index (κ1) is 13.1. The standard InChI is InChI=1S/C19H19NS/c1-2-6-14(7-3-1)17-12-20-11-10-15(17)18-13-21-19-9-5-4-8-16(18)19/h1-9,13,15,17,20H,10-12H2. The minimum atomic E-state index is 0.581. The van der Waals surface area contributed by atoms with Gasteiger partial charge in [0.05, 0.1) is 0 Å². The Bertz CT molecular complexity index is 731. The average molecular weight is 293 g/mol. The molecular formula is C19H19NS. The summed E-state index contributed by atoms with van der Waals surface area (Å²) in [6.45, 7) is 2.21. The van der Waals surface area contributed by atoms with E-state index < -0.39 is 0 Å². The van der Waals surface area contributed by atoms with Crippen LogP contribution in [0, 0.1) is 0 Å². The summed E-state index contributed by atoms with van der Waals surface area (Å²) in [5, 5.41) is 7.42. The van der Waals surface area contributed by atoms with E-state index in [9.17, 15) is 0 Å². The Morgan fingerprint density at radius 3 is 2.62 bits per heavy atom. The van der Waals surface area contributed by atoms with Crippen LogP contribution in [-0.4, -0.2) is 13.1 Å². The number of nitrogens with one attached hydrogen (secondary N) is 1. The summed E-state index contributed by atoms with van der Waals surface area (Å²) in [7, 11) is 0. The average Bonchev–Trinajstić information content (AvgIpc) is 3.00. The Balaban J connectivity index is 1.78. The van der Waals surface area contributed by atoms with Crippen molar-refractivity contribution in [3.8, 4) is 0 Å². The molecule has 2 aromatic carbocycles. The zero-order chi connectivity index (χ0) is 14.1. The highest BCUT2D eigenvalue weighted by Gasteiger charge is 2.29. The first-order chi connectivity index (χ1) is 10.4. The van der Waals surface area contributed by atoms with E-state index in [4.69, 9.17) is 0 Å². The van der Waals surface area contributed by atoms with Gasteiger partial charge < -0.3 is 5.32 Å². The van der Waals surface area contributed by atoms with E-state index >= 15 is 0 Å². The summed E-state index contributed by atoms with van der Waals surface area (Å²) < 4.78 is 1.41. The van der Waals surface area contributed by atoms with Crippen molar-refractivity contribution in [3.05, 3.63) is 71.1 Å². The molecule has 0 amide bonds. The van der Waals surface area contributed by atoms with Gasteiger partial charge in [-0.2, -0.15) is 0 Å². The molecule has 1 fully saturated rings. The lowest BCUT2D eigenvalue weighted by Crippen LogP contribution is -2.33. The van der Waals surface area contributed by atoms with E-state index in [1.54, 1.807) is 5.56 Å². The molecule has 0 aliphatic carbocycles. The number of rotatable bonds is 2. The molecule has 0 bridgehead atoms. The van der Waals surface area contributed by atoms with Crippen molar-refractivity contribution in [2.75, 3.05) is 13.1 Å². The molecule has 1 aliphatic heterocycles. The maximum atomic E-state index is 3.58. The highest BCUT2D eigenvalue weighted by atomic mass is 32.1. The number of benzene rings is 2. The molecule has 2 heteroatoms. The second-order valence-corrected chi connectivity index (χ2v) is 6.71. The Kier molecular flexibility index (Phi) is 3.50. The molecular weight excluding hydrogens is 274 g/mol. The van der Waals surface area contributed by atoms with Gasteiger partial charge in [-0.3, -0.25) is 0 Å². The Labute approximate surface area is 129 Å². The second-order valence-electron chi connectivity index (χ2n) is 5.80. The van der Waals surface area contributed by atoms with Crippen LogP contribution in [-0.2, 0) is 0 Å². The molecule has 0 spiro atoms. The van der Waals surface area contributed by atoms with Crippen LogP contribution in [0.25, 0.3) is 10.1 Å². The van der Waals surface area contributed by atoms with Gasteiger partial charge in [-0.15, -0.1) is 11.3 Å². The molecule has 0 saturated carbocycles. The third-order valence-electron chi connectivity index (χ3n) is 4.62. The maximum Gasteiger partial charge on any atom is 0.0345 e. The molecule has 106 valence electrons. The summed E-state index contributed by atoms with van der Waals surface area (Å²) >= 11 is 1.88. The predicted octanol–water partition coefficient (Wildman–Crippen LogP) is 4.76. The molecule has 1 aliphatic rings. The number of piperidine rings is 1. The Hall–Kier alpha value is -1.64. The zero-order valence-electron chi connectivity index (χ0n) is 12.0. The number of fused-ring (bicyclic) bond motifs is 1. The third-order valence-corrected chi connectivity index (χ3v) is 5.60. The van der Waals surface area contributed by atoms with Crippen molar-refractivity contribution in [2.24, 2.45) is 0 Å². The minimum absolute atomic E-state index is 0.581. The van der Waals surface area contributed by atoms with Crippen LogP contribution in [0.1, 0.15) is 29.4 Å². The molecule has 3 aromatic rings. The van der Waals surface area contributed by atoms with Crippen molar-refractivity contribution in [2.45, 2.75) is 18.3 Å². The second kappa shape index (κ2) is 5.63. The Morgan fingerprint density at radius 1 is 0.905 bits per heavy atom. The minimum Gasteiger partial charge on any atom is -0.316 e. The van der Waals surface area contributed by atoms with Crippen molar-refractivity contribution in [3.63, 3.8) is 0 Å². The van der Waals surface area contributed by atoms with Gasteiger partial charge in [0.1, 0.15) is 0 Å². The third kappa shape index (κ3) is 2.39. The van der Waals surface area contributed by atoms with Crippen LogP contribution >= 0.6 is 11.3 Å². The van der Waals surface area contributed by atoms with E-state index in [2.05, 4.69) is 65.3 Å². The van der Waals surface area contributed by atoms with Crippen molar-refractivity contribution in [1.29, 1.82) is 0 Å². The van der Waals surface area contributed by atoms with E-state index in [0.717, 1.165) is 13.1 Å². The zero-order valence-corrected chi connectivity index (χ0v) is 12.8. The molecule has 1 aromatic heterocycles. The highest BCUT2D eigenvalue weighted by molar-refractivity contribution is 7.17. The quantitative estimate of drug-likeness (QED) is 0.718. The van der Waals surface area contributed by atoms with Gasteiger partial charge in [0, 0.05) is 17.2 Å². The summed E-state index contributed by atoms with van der Waals surface area (Å²) in [4.78, 5) is 0. The lowest BCUT2D eigenvalue weighted by molar-refractivity contribution is 0.406. The largest absolute Gasteiger partial charge is 0.316 e. The van der Waals surface area contributed by atoms with Gasteiger partial charge >= 0.3 is 0 Å². The summed E-state index contributed by atoms with van der Waals surface area (Å²) in [5.41, 5.74) is 3.01. The van der Waals surface area contributed by atoms with Crippen molar-refractivity contribution >= 4 is 21.4 Å². The van der Waals surface area contributed by atoms with Crippen LogP contribution in [0.4, 0.5) is 0 Å². The van der Waals surface area contributed by atoms with Crippen LogP contribution in [0.15, 0.2) is 60.0 Å². The maximum absolute atomic E-state index is 3.58. The van der Waals surface area contributed by atoms with Crippen molar-refractivity contribution < 1.29 is 0 Å². The molecule has 2 heterocycles.